The van der Waals surface area contributed by atoms with Crippen LogP contribution < -0.4 is 14.2 Å². The van der Waals surface area contributed by atoms with Crippen molar-refractivity contribution in [2.24, 2.45) is 0 Å². The zero-order chi connectivity index (χ0) is 20.1. The summed E-state index contributed by atoms with van der Waals surface area (Å²) in [5.41, 5.74) is 0. The summed E-state index contributed by atoms with van der Waals surface area (Å²) in [6.45, 7) is 0. The quantitative estimate of drug-likeness (QED) is 0.397. The molecule has 2 N–H and O–H groups in total. The van der Waals surface area contributed by atoms with E-state index in [1.165, 1.54) is 0 Å². The van der Waals surface area contributed by atoms with Crippen molar-refractivity contribution in [3.63, 3.8) is 0 Å². The third-order valence-corrected chi connectivity index (χ3v) is 3.99. The van der Waals surface area contributed by atoms with Crippen LogP contribution >= 0.6 is 0 Å². The monoisotopic (exact) mass is 386 g/mol. The fourth-order valence-corrected chi connectivity index (χ4v) is 2.65. The number of benzene rings is 4. The first kappa shape index (κ1) is 18.3. The Morgan fingerprint density at radius 2 is 0.690 bits per heavy atom. The van der Waals surface area contributed by atoms with E-state index in [1.807, 2.05) is 0 Å². The van der Waals surface area contributed by atoms with Crippen LogP contribution in [0.5, 0.6) is 46.0 Å². The van der Waals surface area contributed by atoms with Crippen LogP contribution in [0.4, 0.5) is 0 Å². The van der Waals surface area contributed by atoms with Crippen molar-refractivity contribution in [3.05, 3.63) is 97.1 Å². The number of phenols is 2. The van der Waals surface area contributed by atoms with Gasteiger partial charge in [-0.2, -0.15) is 0 Å². The first-order valence-electron chi connectivity index (χ1n) is 8.96. The molecule has 0 bridgehead atoms. The fourth-order valence-electron chi connectivity index (χ4n) is 2.65. The molecule has 5 heteroatoms. The van der Waals surface area contributed by atoms with Crippen LogP contribution in [0, 0.1) is 0 Å². The lowest BCUT2D eigenvalue weighted by Crippen LogP contribution is -1.87. The maximum absolute atomic E-state index is 9.49. The molecule has 0 aromatic heterocycles. The second-order valence-electron chi connectivity index (χ2n) is 6.24. The Hall–Kier alpha value is -4.12. The summed E-state index contributed by atoms with van der Waals surface area (Å²) >= 11 is 0. The van der Waals surface area contributed by atoms with Gasteiger partial charge in [-0.15, -0.1) is 0 Å². The molecular weight excluding hydrogens is 368 g/mol. The SMILES string of the molecule is Oc1cccc(Oc2ccc(Oc3ccc(Oc4cccc(O)c4)cc3)cc2)c1. The van der Waals surface area contributed by atoms with Crippen LogP contribution in [0.2, 0.25) is 0 Å². The Morgan fingerprint density at radius 3 is 1.00 bits per heavy atom. The predicted octanol–water partition coefficient (Wildman–Crippen LogP) is 6.47. The summed E-state index contributed by atoms with van der Waals surface area (Å²) in [6.07, 6.45) is 0. The van der Waals surface area contributed by atoms with Gasteiger partial charge in [0.15, 0.2) is 0 Å². The van der Waals surface area contributed by atoms with Crippen molar-refractivity contribution in [2.75, 3.05) is 0 Å². The van der Waals surface area contributed by atoms with Gasteiger partial charge in [0.05, 0.1) is 0 Å². The average molecular weight is 386 g/mol. The summed E-state index contributed by atoms with van der Waals surface area (Å²) < 4.78 is 17.2. The third-order valence-electron chi connectivity index (χ3n) is 3.99. The number of rotatable bonds is 6. The van der Waals surface area contributed by atoms with Gasteiger partial charge >= 0.3 is 0 Å². The van der Waals surface area contributed by atoms with E-state index in [4.69, 9.17) is 14.2 Å². The largest absolute Gasteiger partial charge is 0.508 e. The van der Waals surface area contributed by atoms with E-state index < -0.39 is 0 Å². The van der Waals surface area contributed by atoms with Crippen molar-refractivity contribution in [2.45, 2.75) is 0 Å². The highest BCUT2D eigenvalue weighted by atomic mass is 16.5. The van der Waals surface area contributed by atoms with Gasteiger partial charge in [0.1, 0.15) is 46.0 Å². The maximum Gasteiger partial charge on any atom is 0.131 e. The number of hydrogen-bond acceptors (Lipinski definition) is 5. The van der Waals surface area contributed by atoms with Gasteiger partial charge in [0.2, 0.25) is 0 Å². The molecule has 0 fully saturated rings. The molecule has 0 spiro atoms. The molecule has 0 amide bonds. The van der Waals surface area contributed by atoms with Gasteiger partial charge < -0.3 is 24.4 Å². The van der Waals surface area contributed by atoms with Crippen LogP contribution in [0.25, 0.3) is 0 Å². The van der Waals surface area contributed by atoms with Crippen LogP contribution in [-0.4, -0.2) is 10.2 Å². The summed E-state index contributed by atoms with van der Waals surface area (Å²) in [5.74, 6) is 4.01. The van der Waals surface area contributed by atoms with Crippen LogP contribution in [0.15, 0.2) is 97.1 Å². The van der Waals surface area contributed by atoms with E-state index >= 15 is 0 Å². The minimum atomic E-state index is 0.152. The van der Waals surface area contributed by atoms with E-state index in [0.717, 1.165) is 0 Å². The molecule has 0 saturated carbocycles. The zero-order valence-corrected chi connectivity index (χ0v) is 15.4. The molecule has 0 aliphatic heterocycles. The molecular formula is C24H18O5. The third kappa shape index (κ3) is 4.99. The summed E-state index contributed by atoms with van der Waals surface area (Å²) in [4.78, 5) is 0. The lowest BCUT2D eigenvalue weighted by Gasteiger charge is -2.10. The minimum Gasteiger partial charge on any atom is -0.508 e. The summed E-state index contributed by atoms with van der Waals surface area (Å²) in [5, 5.41) is 19.0. The van der Waals surface area contributed by atoms with E-state index in [2.05, 4.69) is 0 Å². The van der Waals surface area contributed by atoms with Gasteiger partial charge in [-0.25, -0.2) is 0 Å². The Bertz CT molecular complexity index is 1000. The van der Waals surface area contributed by atoms with E-state index in [-0.39, 0.29) is 11.5 Å². The van der Waals surface area contributed by atoms with Crippen molar-refractivity contribution in [1.82, 2.24) is 0 Å². The summed E-state index contributed by atoms with van der Waals surface area (Å²) in [6, 6.07) is 27.6. The van der Waals surface area contributed by atoms with Gasteiger partial charge in [-0.05, 0) is 72.8 Å². The summed E-state index contributed by atoms with van der Waals surface area (Å²) in [7, 11) is 0. The van der Waals surface area contributed by atoms with Crippen molar-refractivity contribution >= 4 is 0 Å². The first-order valence-corrected chi connectivity index (χ1v) is 8.96. The van der Waals surface area contributed by atoms with Crippen molar-refractivity contribution < 1.29 is 24.4 Å². The molecule has 0 aliphatic carbocycles. The van der Waals surface area contributed by atoms with Gasteiger partial charge in [0, 0.05) is 12.1 Å². The zero-order valence-electron chi connectivity index (χ0n) is 15.4. The number of ether oxygens (including phenoxy) is 3. The van der Waals surface area contributed by atoms with E-state index in [0.29, 0.717) is 34.5 Å². The van der Waals surface area contributed by atoms with Gasteiger partial charge in [-0.1, -0.05) is 12.1 Å². The highest BCUT2D eigenvalue weighted by Gasteiger charge is 2.03. The van der Waals surface area contributed by atoms with Crippen molar-refractivity contribution in [1.29, 1.82) is 0 Å². The number of hydrogen-bond donors (Lipinski definition) is 2. The molecule has 5 nitrogen and oxygen atoms in total. The smallest absolute Gasteiger partial charge is 0.131 e. The Kier molecular flexibility index (Phi) is 5.21. The molecule has 0 saturated heterocycles. The highest BCUT2D eigenvalue weighted by molar-refractivity contribution is 5.41. The molecule has 0 radical (unpaired) electrons. The molecule has 144 valence electrons. The normalized spacial score (nSPS) is 10.3. The lowest BCUT2D eigenvalue weighted by atomic mass is 10.3. The van der Waals surface area contributed by atoms with E-state index in [1.54, 1.807) is 97.1 Å². The second-order valence-corrected chi connectivity index (χ2v) is 6.24. The highest BCUT2D eigenvalue weighted by Crippen LogP contribution is 2.30. The molecule has 0 heterocycles. The molecule has 4 aromatic rings. The van der Waals surface area contributed by atoms with Gasteiger partial charge in [-0.3, -0.25) is 0 Å². The molecule has 0 atom stereocenters. The second kappa shape index (κ2) is 8.27. The Labute approximate surface area is 168 Å². The predicted molar refractivity (Wildman–Crippen MR) is 109 cm³/mol. The molecule has 0 unspecified atom stereocenters. The van der Waals surface area contributed by atoms with Crippen LogP contribution in [0.1, 0.15) is 0 Å². The van der Waals surface area contributed by atoms with E-state index in [9.17, 15) is 10.2 Å². The average Bonchev–Trinajstić information content (AvgIpc) is 2.71. The standard InChI is InChI=1S/C24H18O5/c25-17-3-1-5-23(15-17)28-21-11-7-19(8-12-21)27-20-9-13-22(14-10-20)29-24-6-2-4-18(26)16-24/h1-16,25-26H. The number of aromatic hydroxyl groups is 2. The maximum atomic E-state index is 9.49. The Morgan fingerprint density at radius 1 is 0.379 bits per heavy atom. The fraction of sp³-hybridized carbons (Fsp3) is 0. The molecule has 29 heavy (non-hydrogen) atoms. The molecule has 4 rings (SSSR count). The van der Waals surface area contributed by atoms with Crippen LogP contribution in [-0.2, 0) is 0 Å². The topological polar surface area (TPSA) is 68.2 Å². The lowest BCUT2D eigenvalue weighted by molar-refractivity contribution is 0.451. The molecule has 0 aliphatic rings. The van der Waals surface area contributed by atoms with Crippen molar-refractivity contribution in [3.8, 4) is 46.0 Å². The Balaban J connectivity index is 1.37. The molecule has 4 aromatic carbocycles. The van der Waals surface area contributed by atoms with Gasteiger partial charge in [0.25, 0.3) is 0 Å². The minimum absolute atomic E-state index is 0.152. The number of phenolic OH excluding ortho intramolecular Hbond substituents is 2. The first-order chi connectivity index (χ1) is 14.1. The van der Waals surface area contributed by atoms with Crippen LogP contribution in [0.3, 0.4) is 0 Å².